The number of hydrogen-bond acceptors (Lipinski definition) is 6. The molecular formula is C24H26N2O5. The lowest BCUT2D eigenvalue weighted by molar-refractivity contribution is 0.102. The molecule has 3 aromatic carbocycles. The van der Waals surface area contributed by atoms with Crippen molar-refractivity contribution in [2.24, 2.45) is 5.73 Å². The molecule has 0 atom stereocenters. The molecule has 0 spiro atoms. The monoisotopic (exact) mass is 422 g/mol. The van der Waals surface area contributed by atoms with Crippen molar-refractivity contribution in [2.45, 2.75) is 6.42 Å². The van der Waals surface area contributed by atoms with Gasteiger partial charge in [0.15, 0.2) is 11.5 Å². The van der Waals surface area contributed by atoms with E-state index in [4.69, 9.17) is 24.7 Å². The molecule has 7 nitrogen and oxygen atoms in total. The van der Waals surface area contributed by atoms with Crippen LogP contribution in [0.1, 0.15) is 15.9 Å². The highest BCUT2D eigenvalue weighted by molar-refractivity contribution is 6.07. The smallest absolute Gasteiger partial charge is 0.259 e. The maximum Gasteiger partial charge on any atom is 0.259 e. The lowest BCUT2D eigenvalue weighted by atomic mass is 10.1. The Morgan fingerprint density at radius 3 is 2.10 bits per heavy atom. The normalized spacial score (nSPS) is 10.3. The van der Waals surface area contributed by atoms with Crippen molar-refractivity contribution in [1.29, 1.82) is 0 Å². The van der Waals surface area contributed by atoms with Gasteiger partial charge in [-0.25, -0.2) is 0 Å². The Bertz CT molecular complexity index is 1020. The topological polar surface area (TPSA) is 92.0 Å². The summed E-state index contributed by atoms with van der Waals surface area (Å²) in [5.41, 5.74) is 7.62. The second-order valence-corrected chi connectivity index (χ2v) is 6.63. The van der Waals surface area contributed by atoms with E-state index in [0.717, 1.165) is 12.0 Å². The number of anilines is 1. The molecule has 3 rings (SSSR count). The number of rotatable bonds is 9. The molecule has 3 aromatic rings. The fraction of sp³-hybridized carbons (Fsp3) is 0.208. The van der Waals surface area contributed by atoms with Crippen LogP contribution < -0.4 is 30.0 Å². The molecule has 0 radical (unpaired) electrons. The first kappa shape index (κ1) is 22.0. The van der Waals surface area contributed by atoms with Crippen LogP contribution in [0.5, 0.6) is 28.7 Å². The number of nitrogens with two attached hydrogens (primary N) is 1. The zero-order valence-electron chi connectivity index (χ0n) is 17.8. The Morgan fingerprint density at radius 2 is 1.52 bits per heavy atom. The van der Waals surface area contributed by atoms with Crippen LogP contribution in [0.3, 0.4) is 0 Å². The van der Waals surface area contributed by atoms with Gasteiger partial charge in [0.1, 0.15) is 5.75 Å². The number of para-hydroxylation sites is 1. The molecule has 0 heterocycles. The van der Waals surface area contributed by atoms with Crippen molar-refractivity contribution >= 4 is 11.6 Å². The van der Waals surface area contributed by atoms with Crippen molar-refractivity contribution in [1.82, 2.24) is 0 Å². The van der Waals surface area contributed by atoms with Gasteiger partial charge >= 0.3 is 0 Å². The van der Waals surface area contributed by atoms with Gasteiger partial charge in [0.2, 0.25) is 11.5 Å². The van der Waals surface area contributed by atoms with E-state index < -0.39 is 0 Å². The van der Waals surface area contributed by atoms with Gasteiger partial charge in [-0.3, -0.25) is 4.79 Å². The molecule has 1 amide bonds. The van der Waals surface area contributed by atoms with Gasteiger partial charge in [-0.2, -0.15) is 0 Å². The van der Waals surface area contributed by atoms with Crippen LogP contribution in [0, 0.1) is 0 Å². The third-order valence-electron chi connectivity index (χ3n) is 4.63. The van der Waals surface area contributed by atoms with E-state index in [9.17, 15) is 4.79 Å². The number of nitrogens with one attached hydrogen (secondary N) is 1. The average Bonchev–Trinajstić information content (AvgIpc) is 2.80. The zero-order chi connectivity index (χ0) is 22.2. The van der Waals surface area contributed by atoms with Crippen molar-refractivity contribution in [3.05, 3.63) is 71.8 Å². The minimum absolute atomic E-state index is 0.249. The number of benzene rings is 3. The largest absolute Gasteiger partial charge is 0.492 e. The van der Waals surface area contributed by atoms with E-state index in [0.29, 0.717) is 29.5 Å². The SMILES string of the molecule is COc1c(Oc2ccc(CCN)cc2)cc(C(=O)Nc2ccccc2)c(OC)c1OC. The highest BCUT2D eigenvalue weighted by atomic mass is 16.5. The summed E-state index contributed by atoms with van der Waals surface area (Å²) >= 11 is 0. The zero-order valence-corrected chi connectivity index (χ0v) is 17.8. The molecule has 0 aromatic heterocycles. The fourth-order valence-electron chi connectivity index (χ4n) is 3.16. The fourth-order valence-corrected chi connectivity index (χ4v) is 3.16. The van der Waals surface area contributed by atoms with Crippen LogP contribution in [0.4, 0.5) is 5.69 Å². The molecule has 31 heavy (non-hydrogen) atoms. The highest BCUT2D eigenvalue weighted by Gasteiger charge is 2.26. The second kappa shape index (κ2) is 10.4. The number of hydrogen-bond donors (Lipinski definition) is 2. The predicted octanol–water partition coefficient (Wildman–Crippen LogP) is 4.26. The molecular weight excluding hydrogens is 396 g/mol. The summed E-state index contributed by atoms with van der Waals surface area (Å²) in [5, 5.41) is 2.85. The highest BCUT2D eigenvalue weighted by Crippen LogP contribution is 2.48. The number of methoxy groups -OCH3 is 3. The Labute approximate surface area is 181 Å². The molecule has 0 saturated heterocycles. The van der Waals surface area contributed by atoms with Gasteiger partial charge in [0, 0.05) is 11.8 Å². The van der Waals surface area contributed by atoms with Crippen molar-refractivity contribution in [3.63, 3.8) is 0 Å². The van der Waals surface area contributed by atoms with Crippen molar-refractivity contribution < 1.29 is 23.7 Å². The Kier molecular flexibility index (Phi) is 7.35. The molecule has 0 unspecified atom stereocenters. The van der Waals surface area contributed by atoms with E-state index in [1.807, 2.05) is 42.5 Å². The molecule has 0 fully saturated rings. The summed E-state index contributed by atoms with van der Waals surface area (Å²) in [6, 6.07) is 18.3. The van der Waals surface area contributed by atoms with Crippen LogP contribution in [0.2, 0.25) is 0 Å². The van der Waals surface area contributed by atoms with Crippen LogP contribution in [0.25, 0.3) is 0 Å². The Morgan fingerprint density at radius 1 is 0.871 bits per heavy atom. The van der Waals surface area contributed by atoms with Crippen molar-refractivity contribution in [2.75, 3.05) is 33.2 Å². The van der Waals surface area contributed by atoms with Gasteiger partial charge in [-0.15, -0.1) is 0 Å². The lowest BCUT2D eigenvalue weighted by Crippen LogP contribution is -2.14. The predicted molar refractivity (Wildman–Crippen MR) is 120 cm³/mol. The number of carbonyl (C=O) groups is 1. The maximum atomic E-state index is 13.0. The first-order valence-corrected chi connectivity index (χ1v) is 9.77. The lowest BCUT2D eigenvalue weighted by Gasteiger charge is -2.19. The third kappa shape index (κ3) is 5.07. The number of amides is 1. The van der Waals surface area contributed by atoms with E-state index in [2.05, 4.69) is 5.32 Å². The van der Waals surface area contributed by atoms with Crippen LogP contribution in [0.15, 0.2) is 60.7 Å². The average molecular weight is 422 g/mol. The summed E-state index contributed by atoms with van der Waals surface area (Å²) in [6.07, 6.45) is 0.782. The summed E-state index contributed by atoms with van der Waals surface area (Å²) in [4.78, 5) is 13.0. The van der Waals surface area contributed by atoms with E-state index in [1.165, 1.54) is 21.3 Å². The molecule has 3 N–H and O–H groups in total. The molecule has 7 heteroatoms. The summed E-state index contributed by atoms with van der Waals surface area (Å²) in [6.45, 7) is 0.573. The van der Waals surface area contributed by atoms with Gasteiger partial charge in [-0.05, 0) is 42.8 Å². The summed E-state index contributed by atoms with van der Waals surface area (Å²) < 4.78 is 22.6. The molecule has 0 aliphatic heterocycles. The molecule has 0 saturated carbocycles. The van der Waals surface area contributed by atoms with Crippen LogP contribution in [-0.4, -0.2) is 33.8 Å². The second-order valence-electron chi connectivity index (χ2n) is 6.63. The molecule has 162 valence electrons. The first-order chi connectivity index (χ1) is 15.1. The van der Waals surface area contributed by atoms with E-state index in [1.54, 1.807) is 18.2 Å². The standard InChI is InChI=1S/C24H26N2O5/c1-28-21-19(24(27)26-17-7-5-4-6-8-17)15-20(22(29-2)23(21)30-3)31-18-11-9-16(10-12-18)13-14-25/h4-12,15H,13-14,25H2,1-3H3,(H,26,27). The van der Waals surface area contributed by atoms with Gasteiger partial charge in [0.25, 0.3) is 5.91 Å². The first-order valence-electron chi connectivity index (χ1n) is 9.77. The van der Waals surface area contributed by atoms with Crippen molar-refractivity contribution in [3.8, 4) is 28.7 Å². The van der Waals surface area contributed by atoms with E-state index in [-0.39, 0.29) is 23.0 Å². The minimum atomic E-state index is -0.368. The van der Waals surface area contributed by atoms with Gasteiger partial charge in [0.05, 0.1) is 26.9 Å². The molecule has 0 bridgehead atoms. The van der Waals surface area contributed by atoms with E-state index >= 15 is 0 Å². The van der Waals surface area contributed by atoms with Crippen LogP contribution in [-0.2, 0) is 6.42 Å². The van der Waals surface area contributed by atoms with Crippen LogP contribution >= 0.6 is 0 Å². The quantitative estimate of drug-likeness (QED) is 0.535. The summed E-state index contributed by atoms with van der Waals surface area (Å²) in [7, 11) is 4.44. The Hall–Kier alpha value is -3.71. The Balaban J connectivity index is 2.01. The summed E-state index contributed by atoms with van der Waals surface area (Å²) in [5.74, 6) is 1.37. The number of ether oxygens (including phenoxy) is 4. The molecule has 0 aliphatic carbocycles. The van der Waals surface area contributed by atoms with Gasteiger partial charge in [-0.1, -0.05) is 30.3 Å². The molecule has 0 aliphatic rings. The van der Waals surface area contributed by atoms with Gasteiger partial charge < -0.3 is 30.0 Å². The maximum absolute atomic E-state index is 13.0. The number of carbonyl (C=O) groups excluding carboxylic acids is 1. The third-order valence-corrected chi connectivity index (χ3v) is 4.63. The minimum Gasteiger partial charge on any atom is -0.492 e.